The van der Waals surface area contributed by atoms with E-state index in [0.717, 1.165) is 11.1 Å². The summed E-state index contributed by atoms with van der Waals surface area (Å²) in [5, 5.41) is 27.4. The number of benzene rings is 2. The quantitative estimate of drug-likeness (QED) is 0.382. The van der Waals surface area contributed by atoms with Gasteiger partial charge in [0.05, 0.1) is 22.8 Å². The molecule has 0 atom stereocenters. The van der Waals surface area contributed by atoms with Gasteiger partial charge in [0.1, 0.15) is 11.6 Å². The van der Waals surface area contributed by atoms with E-state index in [1.807, 2.05) is 13.8 Å². The Balaban J connectivity index is 1.70. The maximum atomic E-state index is 10.8. The summed E-state index contributed by atoms with van der Waals surface area (Å²) in [6.45, 7) is 3.75. The van der Waals surface area contributed by atoms with Crippen LogP contribution in [0.4, 0.5) is 17.2 Å². The normalized spacial score (nSPS) is 10.6. The fourth-order valence-electron chi connectivity index (χ4n) is 3.12. The lowest BCUT2D eigenvalue weighted by molar-refractivity contribution is -0.384. The average Bonchev–Trinajstić information content (AvgIpc) is 3.19. The molecule has 0 saturated carbocycles. The molecule has 0 saturated heterocycles. The predicted octanol–water partition coefficient (Wildman–Crippen LogP) is 4.66. The van der Waals surface area contributed by atoms with Gasteiger partial charge in [0.15, 0.2) is 5.65 Å². The first-order valence-electron chi connectivity index (χ1n) is 9.00. The highest BCUT2D eigenvalue weighted by atomic mass is 16.6. The summed E-state index contributed by atoms with van der Waals surface area (Å²) in [4.78, 5) is 14.9. The van der Waals surface area contributed by atoms with Crippen LogP contribution in [0.1, 0.15) is 16.7 Å². The van der Waals surface area contributed by atoms with Gasteiger partial charge in [-0.3, -0.25) is 10.1 Å². The molecule has 30 heavy (non-hydrogen) atoms. The van der Waals surface area contributed by atoms with E-state index in [9.17, 15) is 10.1 Å². The third-order valence-electron chi connectivity index (χ3n) is 4.47. The number of hydrogen-bond donors (Lipinski definition) is 1. The number of nitrogens with zero attached hydrogens (tertiary/aromatic N) is 5. The molecule has 0 unspecified atom stereocenters. The van der Waals surface area contributed by atoms with Crippen molar-refractivity contribution >= 4 is 22.8 Å². The first-order chi connectivity index (χ1) is 14.4. The summed E-state index contributed by atoms with van der Waals surface area (Å²) >= 11 is 0. The number of non-ortho nitro benzene ring substituents is 1. The van der Waals surface area contributed by atoms with E-state index >= 15 is 0 Å². The Morgan fingerprint density at radius 1 is 1.13 bits per heavy atom. The standard InChI is InChI=1S/C21H16N6O3/c1-13-9-15(12-22)10-14(2)21(13)30-20-11-18(25-19-7-8-23-26(19)20)24-16-3-5-17(6-4-16)27(28)29/h3-11H,1-2H3,(H,24,25). The van der Waals surface area contributed by atoms with Crippen molar-refractivity contribution < 1.29 is 9.66 Å². The third-order valence-corrected chi connectivity index (χ3v) is 4.47. The number of nitriles is 1. The Morgan fingerprint density at radius 2 is 1.83 bits per heavy atom. The van der Waals surface area contributed by atoms with Crippen LogP contribution in [0.15, 0.2) is 54.7 Å². The highest BCUT2D eigenvalue weighted by Gasteiger charge is 2.13. The number of fused-ring (bicyclic) bond motifs is 1. The fraction of sp³-hybridized carbons (Fsp3) is 0.0952. The molecule has 4 aromatic rings. The van der Waals surface area contributed by atoms with Gasteiger partial charge in [-0.15, -0.1) is 0 Å². The molecule has 0 aliphatic heterocycles. The predicted molar refractivity (Wildman–Crippen MR) is 110 cm³/mol. The largest absolute Gasteiger partial charge is 0.438 e. The first-order valence-corrected chi connectivity index (χ1v) is 9.00. The van der Waals surface area contributed by atoms with Crippen molar-refractivity contribution in [3.8, 4) is 17.7 Å². The number of aryl methyl sites for hydroxylation is 2. The monoisotopic (exact) mass is 400 g/mol. The minimum Gasteiger partial charge on any atom is -0.438 e. The number of rotatable bonds is 5. The molecular formula is C21H16N6O3. The van der Waals surface area contributed by atoms with Crippen LogP contribution in [0.2, 0.25) is 0 Å². The molecular weight excluding hydrogens is 384 g/mol. The number of hydrogen-bond acceptors (Lipinski definition) is 7. The summed E-state index contributed by atoms with van der Waals surface area (Å²) < 4.78 is 7.73. The van der Waals surface area contributed by atoms with Gasteiger partial charge in [0.25, 0.3) is 5.69 Å². The smallest absolute Gasteiger partial charge is 0.269 e. The van der Waals surface area contributed by atoms with Crippen molar-refractivity contribution in [1.82, 2.24) is 14.6 Å². The van der Waals surface area contributed by atoms with E-state index in [1.165, 1.54) is 12.1 Å². The van der Waals surface area contributed by atoms with Gasteiger partial charge < -0.3 is 10.1 Å². The van der Waals surface area contributed by atoms with Gasteiger partial charge in [-0.1, -0.05) is 0 Å². The van der Waals surface area contributed by atoms with Crippen molar-refractivity contribution in [3.05, 3.63) is 81.5 Å². The second kappa shape index (κ2) is 7.52. The van der Waals surface area contributed by atoms with Crippen molar-refractivity contribution in [2.24, 2.45) is 0 Å². The van der Waals surface area contributed by atoms with Crippen LogP contribution in [0.25, 0.3) is 5.65 Å². The highest BCUT2D eigenvalue weighted by molar-refractivity contribution is 5.61. The lowest BCUT2D eigenvalue weighted by Crippen LogP contribution is -2.03. The summed E-state index contributed by atoms with van der Waals surface area (Å²) in [6, 6.07) is 15.1. The number of anilines is 2. The van der Waals surface area contributed by atoms with Crippen molar-refractivity contribution in [2.45, 2.75) is 13.8 Å². The van der Waals surface area contributed by atoms with Crippen molar-refractivity contribution in [2.75, 3.05) is 5.32 Å². The zero-order valence-electron chi connectivity index (χ0n) is 16.2. The second-order valence-electron chi connectivity index (χ2n) is 6.66. The summed E-state index contributed by atoms with van der Waals surface area (Å²) in [7, 11) is 0. The Hall–Kier alpha value is -4.45. The van der Waals surface area contributed by atoms with E-state index < -0.39 is 4.92 Å². The van der Waals surface area contributed by atoms with Crippen molar-refractivity contribution in [3.63, 3.8) is 0 Å². The minimum absolute atomic E-state index is 0.00976. The van der Waals surface area contributed by atoms with Gasteiger partial charge in [-0.05, 0) is 49.2 Å². The molecule has 4 rings (SSSR count). The van der Waals surface area contributed by atoms with Gasteiger partial charge in [-0.25, -0.2) is 4.98 Å². The molecule has 0 radical (unpaired) electrons. The van der Waals surface area contributed by atoms with E-state index in [4.69, 9.17) is 10.00 Å². The average molecular weight is 400 g/mol. The first kappa shape index (κ1) is 18.9. The van der Waals surface area contributed by atoms with Crippen LogP contribution in [-0.4, -0.2) is 19.5 Å². The maximum Gasteiger partial charge on any atom is 0.269 e. The number of nitro groups is 1. The van der Waals surface area contributed by atoms with Crippen LogP contribution in [0.5, 0.6) is 11.6 Å². The van der Waals surface area contributed by atoms with Crippen LogP contribution >= 0.6 is 0 Å². The van der Waals surface area contributed by atoms with E-state index in [1.54, 1.807) is 47.1 Å². The fourth-order valence-corrected chi connectivity index (χ4v) is 3.12. The molecule has 9 heteroatoms. The number of nitrogens with one attached hydrogen (secondary N) is 1. The lowest BCUT2D eigenvalue weighted by atomic mass is 10.1. The molecule has 0 aliphatic carbocycles. The summed E-state index contributed by atoms with van der Waals surface area (Å²) in [5.41, 5.74) is 3.45. The summed E-state index contributed by atoms with van der Waals surface area (Å²) in [5.74, 6) is 1.57. The Bertz CT molecular complexity index is 1280. The Morgan fingerprint density at radius 3 is 2.47 bits per heavy atom. The zero-order chi connectivity index (χ0) is 21.3. The van der Waals surface area contributed by atoms with Gasteiger partial charge >= 0.3 is 0 Å². The third kappa shape index (κ3) is 3.62. The molecule has 148 valence electrons. The molecule has 0 fully saturated rings. The van der Waals surface area contributed by atoms with Gasteiger partial charge in [0.2, 0.25) is 5.88 Å². The van der Waals surface area contributed by atoms with Gasteiger partial charge in [0, 0.05) is 30.0 Å². The molecule has 0 aliphatic rings. The number of ether oxygens (including phenoxy) is 1. The highest BCUT2D eigenvalue weighted by Crippen LogP contribution is 2.31. The van der Waals surface area contributed by atoms with E-state index in [0.29, 0.717) is 34.3 Å². The van der Waals surface area contributed by atoms with E-state index in [-0.39, 0.29) is 5.69 Å². The Kier molecular flexibility index (Phi) is 4.74. The molecule has 2 aromatic heterocycles. The summed E-state index contributed by atoms with van der Waals surface area (Å²) in [6.07, 6.45) is 1.61. The van der Waals surface area contributed by atoms with Crippen molar-refractivity contribution in [1.29, 1.82) is 5.26 Å². The number of aromatic nitrogens is 3. The van der Waals surface area contributed by atoms with Crippen LogP contribution in [-0.2, 0) is 0 Å². The second-order valence-corrected chi connectivity index (χ2v) is 6.66. The molecule has 9 nitrogen and oxygen atoms in total. The van der Waals surface area contributed by atoms with Gasteiger partial charge in [-0.2, -0.15) is 14.9 Å². The molecule has 2 heterocycles. The molecule has 0 amide bonds. The van der Waals surface area contributed by atoms with E-state index in [2.05, 4.69) is 21.5 Å². The van der Waals surface area contributed by atoms with Crippen LogP contribution in [0.3, 0.4) is 0 Å². The molecule has 2 aromatic carbocycles. The lowest BCUT2D eigenvalue weighted by Gasteiger charge is -2.14. The molecule has 1 N–H and O–H groups in total. The topological polar surface area (TPSA) is 118 Å². The molecule has 0 spiro atoms. The zero-order valence-corrected chi connectivity index (χ0v) is 16.2. The van der Waals surface area contributed by atoms with Crippen LogP contribution < -0.4 is 10.1 Å². The Labute approximate surface area is 171 Å². The molecule has 0 bridgehead atoms. The number of nitro benzene ring substituents is 1. The SMILES string of the molecule is Cc1cc(C#N)cc(C)c1Oc1cc(Nc2ccc([N+](=O)[O-])cc2)nc2ccnn12. The van der Waals surface area contributed by atoms with Crippen LogP contribution in [0, 0.1) is 35.3 Å². The maximum absolute atomic E-state index is 10.8. The minimum atomic E-state index is -0.450.